The van der Waals surface area contributed by atoms with Gasteiger partial charge in [0.2, 0.25) is 5.91 Å². The number of carbonyl (C=O) groups excluding carboxylic acids is 1. The van der Waals surface area contributed by atoms with Crippen molar-refractivity contribution in [2.24, 2.45) is 12.8 Å². The Bertz CT molecular complexity index is 425. The van der Waals surface area contributed by atoms with Gasteiger partial charge in [-0.05, 0) is 6.42 Å². The maximum atomic E-state index is 10.8. The molecule has 16 heavy (non-hydrogen) atoms. The summed E-state index contributed by atoms with van der Waals surface area (Å²) in [6.07, 6.45) is 2.72. The first-order chi connectivity index (χ1) is 7.67. The molecule has 1 rings (SSSR count). The van der Waals surface area contributed by atoms with E-state index in [0.29, 0.717) is 6.54 Å². The Hall–Kier alpha value is -1.80. The predicted molar refractivity (Wildman–Crippen MR) is 61.5 cm³/mol. The number of nitrogens with two attached hydrogens (primary N) is 1. The highest BCUT2D eigenvalue weighted by atomic mass is 16.1. The van der Waals surface area contributed by atoms with E-state index < -0.39 is 0 Å². The van der Waals surface area contributed by atoms with Crippen molar-refractivity contribution in [3.8, 4) is 11.8 Å². The second-order valence-electron chi connectivity index (χ2n) is 3.30. The summed E-state index contributed by atoms with van der Waals surface area (Å²) in [5.74, 6) is 5.64. The number of rotatable bonds is 3. The zero-order valence-electron chi connectivity index (χ0n) is 9.58. The van der Waals surface area contributed by atoms with E-state index in [1.165, 1.54) is 0 Å². The van der Waals surface area contributed by atoms with Crippen LogP contribution >= 0.6 is 0 Å². The first kappa shape index (κ1) is 12.3. The van der Waals surface area contributed by atoms with Crippen molar-refractivity contribution in [1.82, 2.24) is 15.1 Å². The Kier molecular flexibility index (Phi) is 4.55. The van der Waals surface area contributed by atoms with Crippen LogP contribution in [0.3, 0.4) is 0 Å². The normalized spacial score (nSPS) is 9.44. The molecule has 1 heterocycles. The number of hydrogen-bond donors (Lipinski definition) is 2. The van der Waals surface area contributed by atoms with Gasteiger partial charge in [-0.15, -0.1) is 0 Å². The topological polar surface area (TPSA) is 72.9 Å². The Labute approximate surface area is 95.0 Å². The summed E-state index contributed by atoms with van der Waals surface area (Å²) < 4.78 is 1.74. The lowest BCUT2D eigenvalue weighted by Gasteiger charge is -1.94. The van der Waals surface area contributed by atoms with Gasteiger partial charge in [0.1, 0.15) is 0 Å². The SMILES string of the molecule is CCc1nn(C)cc1C#CCNC(=O)CN. The Balaban J connectivity index is 2.59. The summed E-state index contributed by atoms with van der Waals surface area (Å²) in [5.41, 5.74) is 7.02. The lowest BCUT2D eigenvalue weighted by molar-refractivity contribution is -0.119. The van der Waals surface area contributed by atoms with Crippen molar-refractivity contribution in [3.63, 3.8) is 0 Å². The molecule has 0 atom stereocenters. The number of aromatic nitrogens is 2. The molecule has 0 aliphatic carbocycles. The molecule has 0 aliphatic rings. The number of aryl methyl sites for hydroxylation is 2. The highest BCUT2D eigenvalue weighted by Gasteiger charge is 2.01. The number of amides is 1. The maximum absolute atomic E-state index is 10.8. The standard InChI is InChI=1S/C11H16N4O/c1-3-10-9(8-15(2)14-10)5-4-6-13-11(16)7-12/h8H,3,6-7,12H2,1-2H3,(H,13,16). The summed E-state index contributed by atoms with van der Waals surface area (Å²) in [7, 11) is 1.86. The van der Waals surface area contributed by atoms with Gasteiger partial charge in [0.15, 0.2) is 0 Å². The fourth-order valence-electron chi connectivity index (χ4n) is 1.25. The molecule has 0 unspecified atom stereocenters. The molecule has 1 aromatic heterocycles. The van der Waals surface area contributed by atoms with Crippen LogP contribution in [0.15, 0.2) is 6.20 Å². The molecule has 1 amide bonds. The van der Waals surface area contributed by atoms with Crippen LogP contribution in [0, 0.1) is 11.8 Å². The van der Waals surface area contributed by atoms with Gasteiger partial charge in [0, 0.05) is 13.2 Å². The van der Waals surface area contributed by atoms with Crippen molar-refractivity contribution in [2.45, 2.75) is 13.3 Å². The fraction of sp³-hybridized carbons (Fsp3) is 0.455. The molecule has 0 aromatic carbocycles. The number of nitrogens with one attached hydrogen (secondary N) is 1. The molecule has 3 N–H and O–H groups in total. The monoisotopic (exact) mass is 220 g/mol. The molecule has 0 spiro atoms. The zero-order valence-corrected chi connectivity index (χ0v) is 9.58. The second-order valence-corrected chi connectivity index (χ2v) is 3.30. The first-order valence-corrected chi connectivity index (χ1v) is 5.15. The van der Waals surface area contributed by atoms with Crippen LogP contribution in [0.4, 0.5) is 0 Å². The average Bonchev–Trinajstić information content (AvgIpc) is 2.64. The van der Waals surface area contributed by atoms with Crippen LogP contribution < -0.4 is 11.1 Å². The Morgan fingerprint density at radius 1 is 1.69 bits per heavy atom. The summed E-state index contributed by atoms with van der Waals surface area (Å²) in [6, 6.07) is 0. The molecule has 86 valence electrons. The highest BCUT2D eigenvalue weighted by molar-refractivity contribution is 5.77. The lowest BCUT2D eigenvalue weighted by atomic mass is 10.2. The van der Waals surface area contributed by atoms with E-state index in [1.807, 2.05) is 20.2 Å². The minimum absolute atomic E-state index is 0.00518. The first-order valence-electron chi connectivity index (χ1n) is 5.15. The predicted octanol–water partition coefficient (Wildman–Crippen LogP) is -0.591. The van der Waals surface area contributed by atoms with E-state index in [1.54, 1.807) is 4.68 Å². The fourth-order valence-corrected chi connectivity index (χ4v) is 1.25. The van der Waals surface area contributed by atoms with Crippen molar-refractivity contribution in [1.29, 1.82) is 0 Å². The summed E-state index contributed by atoms with van der Waals surface area (Å²) in [5, 5.41) is 6.85. The lowest BCUT2D eigenvalue weighted by Crippen LogP contribution is -2.30. The summed E-state index contributed by atoms with van der Waals surface area (Å²) in [6.45, 7) is 2.34. The molecule has 0 radical (unpaired) electrons. The van der Waals surface area contributed by atoms with Crippen LogP contribution in [0.25, 0.3) is 0 Å². The minimum Gasteiger partial charge on any atom is -0.344 e. The minimum atomic E-state index is -0.198. The largest absolute Gasteiger partial charge is 0.344 e. The van der Waals surface area contributed by atoms with Crippen LogP contribution in [0.1, 0.15) is 18.2 Å². The van der Waals surface area contributed by atoms with Crippen LogP contribution in [0.2, 0.25) is 0 Å². The molecular weight excluding hydrogens is 204 g/mol. The summed E-state index contributed by atoms with van der Waals surface area (Å²) >= 11 is 0. The summed E-state index contributed by atoms with van der Waals surface area (Å²) in [4.78, 5) is 10.8. The maximum Gasteiger partial charge on any atom is 0.234 e. The van der Waals surface area contributed by atoms with Gasteiger partial charge in [-0.3, -0.25) is 9.48 Å². The second kappa shape index (κ2) is 5.93. The average molecular weight is 220 g/mol. The Morgan fingerprint density at radius 2 is 2.44 bits per heavy atom. The van der Waals surface area contributed by atoms with Gasteiger partial charge < -0.3 is 11.1 Å². The molecular formula is C11H16N4O. The molecule has 0 fully saturated rings. The number of nitrogens with zero attached hydrogens (tertiary/aromatic N) is 2. The zero-order chi connectivity index (χ0) is 12.0. The molecule has 0 aliphatic heterocycles. The quantitative estimate of drug-likeness (QED) is 0.669. The third-order valence-electron chi connectivity index (χ3n) is 2.02. The highest BCUT2D eigenvalue weighted by Crippen LogP contribution is 2.04. The molecule has 0 saturated heterocycles. The van der Waals surface area contributed by atoms with Crippen molar-refractivity contribution in [2.75, 3.05) is 13.1 Å². The van der Waals surface area contributed by atoms with Crippen molar-refractivity contribution in [3.05, 3.63) is 17.5 Å². The third kappa shape index (κ3) is 3.41. The molecule has 1 aromatic rings. The Morgan fingerprint density at radius 3 is 3.06 bits per heavy atom. The van der Waals surface area contributed by atoms with E-state index in [4.69, 9.17) is 5.73 Å². The molecule has 0 bridgehead atoms. The van der Waals surface area contributed by atoms with Crippen LogP contribution in [0.5, 0.6) is 0 Å². The number of hydrogen-bond acceptors (Lipinski definition) is 3. The molecule has 0 saturated carbocycles. The third-order valence-corrected chi connectivity index (χ3v) is 2.02. The molecule has 5 nitrogen and oxygen atoms in total. The number of carbonyl (C=O) groups is 1. The van der Waals surface area contributed by atoms with Gasteiger partial charge in [-0.2, -0.15) is 5.10 Å². The van der Waals surface area contributed by atoms with Crippen molar-refractivity contribution >= 4 is 5.91 Å². The smallest absolute Gasteiger partial charge is 0.234 e. The van der Waals surface area contributed by atoms with E-state index >= 15 is 0 Å². The van der Waals surface area contributed by atoms with E-state index in [0.717, 1.165) is 17.7 Å². The van der Waals surface area contributed by atoms with Crippen LogP contribution in [-0.4, -0.2) is 28.8 Å². The van der Waals surface area contributed by atoms with E-state index in [-0.39, 0.29) is 12.5 Å². The van der Waals surface area contributed by atoms with Crippen molar-refractivity contribution < 1.29 is 4.79 Å². The van der Waals surface area contributed by atoms with Crippen LogP contribution in [-0.2, 0) is 18.3 Å². The van der Waals surface area contributed by atoms with Gasteiger partial charge in [0.25, 0.3) is 0 Å². The van der Waals surface area contributed by atoms with Gasteiger partial charge >= 0.3 is 0 Å². The van der Waals surface area contributed by atoms with Gasteiger partial charge in [0.05, 0.1) is 24.3 Å². The van der Waals surface area contributed by atoms with E-state index in [2.05, 4.69) is 22.3 Å². The molecule has 5 heteroatoms. The van der Waals surface area contributed by atoms with E-state index in [9.17, 15) is 4.79 Å². The van der Waals surface area contributed by atoms with Gasteiger partial charge in [-0.25, -0.2) is 0 Å². The van der Waals surface area contributed by atoms with Gasteiger partial charge in [-0.1, -0.05) is 18.8 Å².